The number of nitriles is 1. The summed E-state index contributed by atoms with van der Waals surface area (Å²) in [5, 5.41) is 12.5. The molecule has 0 amide bonds. The molecule has 15 heavy (non-hydrogen) atoms. The van der Waals surface area contributed by atoms with Crippen LogP contribution >= 0.6 is 0 Å². The number of rotatable bonds is 1. The molecule has 1 aromatic rings. The van der Waals surface area contributed by atoms with E-state index in [0.29, 0.717) is 5.92 Å². The van der Waals surface area contributed by atoms with Crippen LogP contribution in [0.5, 0.6) is 0 Å². The summed E-state index contributed by atoms with van der Waals surface area (Å²) in [7, 11) is 0. The molecule has 1 fully saturated rings. The lowest BCUT2D eigenvalue weighted by atomic mass is 9.82. The van der Waals surface area contributed by atoms with E-state index in [1.165, 1.54) is 11.1 Å². The molecule has 1 N–H and O–H groups in total. The fraction of sp³-hybridized carbons (Fsp3) is 0.462. The molecule has 1 aliphatic heterocycles. The zero-order chi connectivity index (χ0) is 10.7. The quantitative estimate of drug-likeness (QED) is 0.754. The minimum atomic E-state index is 0.174. The van der Waals surface area contributed by atoms with Crippen molar-refractivity contribution < 1.29 is 0 Å². The van der Waals surface area contributed by atoms with Gasteiger partial charge in [-0.25, -0.2) is 0 Å². The molecule has 2 unspecified atom stereocenters. The fourth-order valence-electron chi connectivity index (χ4n) is 2.26. The summed E-state index contributed by atoms with van der Waals surface area (Å²) in [6, 6.07) is 10.9. The van der Waals surface area contributed by atoms with Gasteiger partial charge in [0.05, 0.1) is 12.0 Å². The van der Waals surface area contributed by atoms with Crippen molar-refractivity contribution in [1.82, 2.24) is 5.32 Å². The molecule has 1 saturated heterocycles. The molecular weight excluding hydrogens is 184 g/mol. The topological polar surface area (TPSA) is 35.8 Å². The van der Waals surface area contributed by atoms with Crippen LogP contribution in [0.25, 0.3) is 0 Å². The van der Waals surface area contributed by atoms with Crippen molar-refractivity contribution in [1.29, 1.82) is 5.26 Å². The third-order valence-electron chi connectivity index (χ3n) is 3.12. The van der Waals surface area contributed by atoms with Crippen molar-refractivity contribution in [2.75, 3.05) is 13.1 Å². The van der Waals surface area contributed by atoms with Crippen molar-refractivity contribution in [2.24, 2.45) is 5.92 Å². The molecule has 2 heteroatoms. The summed E-state index contributed by atoms with van der Waals surface area (Å²) >= 11 is 0. The minimum absolute atomic E-state index is 0.174. The molecule has 2 atom stereocenters. The molecule has 0 spiro atoms. The highest BCUT2D eigenvalue weighted by atomic mass is 14.9. The van der Waals surface area contributed by atoms with Gasteiger partial charge < -0.3 is 5.32 Å². The molecule has 0 radical (unpaired) electrons. The fourth-order valence-corrected chi connectivity index (χ4v) is 2.26. The zero-order valence-electron chi connectivity index (χ0n) is 9.03. The average molecular weight is 200 g/mol. The Hall–Kier alpha value is -1.33. The standard InChI is InChI=1S/C13H16N2/c1-10-3-2-4-11(7-10)13-9-15-6-5-12(13)8-14/h2-4,7,12-13,15H,5-6,9H2,1H3. The lowest BCUT2D eigenvalue weighted by molar-refractivity contribution is 0.387. The highest BCUT2D eigenvalue weighted by molar-refractivity contribution is 5.28. The van der Waals surface area contributed by atoms with Crippen LogP contribution < -0.4 is 5.32 Å². The normalized spacial score (nSPS) is 25.9. The SMILES string of the molecule is Cc1cccc(C2CNCCC2C#N)c1. The van der Waals surface area contributed by atoms with Crippen LogP contribution in [0.3, 0.4) is 0 Å². The molecular formula is C13H16N2. The van der Waals surface area contributed by atoms with Crippen LogP contribution in [-0.4, -0.2) is 13.1 Å². The molecule has 0 bridgehead atoms. The van der Waals surface area contributed by atoms with Gasteiger partial charge in [-0.15, -0.1) is 0 Å². The minimum Gasteiger partial charge on any atom is -0.316 e. The number of hydrogen-bond acceptors (Lipinski definition) is 2. The van der Waals surface area contributed by atoms with Gasteiger partial charge in [0, 0.05) is 12.5 Å². The smallest absolute Gasteiger partial charge is 0.0663 e. The maximum absolute atomic E-state index is 9.11. The number of piperidine rings is 1. The largest absolute Gasteiger partial charge is 0.316 e. The number of nitrogens with one attached hydrogen (secondary N) is 1. The van der Waals surface area contributed by atoms with E-state index in [1.807, 2.05) is 0 Å². The van der Waals surface area contributed by atoms with Gasteiger partial charge in [0.1, 0.15) is 0 Å². The zero-order valence-corrected chi connectivity index (χ0v) is 9.03. The average Bonchev–Trinajstić information content (AvgIpc) is 2.29. The van der Waals surface area contributed by atoms with E-state index >= 15 is 0 Å². The molecule has 78 valence electrons. The lowest BCUT2D eigenvalue weighted by Gasteiger charge is -2.28. The second-order valence-electron chi connectivity index (χ2n) is 4.25. The Bertz CT molecular complexity index is 378. The van der Waals surface area contributed by atoms with Crippen LogP contribution in [0.1, 0.15) is 23.5 Å². The first-order valence-corrected chi connectivity index (χ1v) is 5.48. The predicted octanol–water partition coefficient (Wildman–Crippen LogP) is 2.21. The number of nitrogens with zero attached hydrogens (tertiary/aromatic N) is 1. The summed E-state index contributed by atoms with van der Waals surface area (Å²) in [6.07, 6.45) is 0.967. The van der Waals surface area contributed by atoms with Gasteiger partial charge in [0.2, 0.25) is 0 Å². The maximum Gasteiger partial charge on any atom is 0.0663 e. The monoisotopic (exact) mass is 200 g/mol. The van der Waals surface area contributed by atoms with E-state index in [2.05, 4.69) is 42.6 Å². The Kier molecular flexibility index (Phi) is 3.03. The summed E-state index contributed by atoms with van der Waals surface area (Å²) in [6.45, 7) is 4.00. The van der Waals surface area contributed by atoms with Gasteiger partial charge in [0.15, 0.2) is 0 Å². The second kappa shape index (κ2) is 4.46. The van der Waals surface area contributed by atoms with Crippen molar-refractivity contribution in [2.45, 2.75) is 19.3 Å². The van der Waals surface area contributed by atoms with Crippen LogP contribution in [0.2, 0.25) is 0 Å². The number of benzene rings is 1. The predicted molar refractivity (Wildman–Crippen MR) is 60.5 cm³/mol. The summed E-state index contributed by atoms with van der Waals surface area (Å²) in [4.78, 5) is 0. The second-order valence-corrected chi connectivity index (χ2v) is 4.25. The molecule has 0 saturated carbocycles. The van der Waals surface area contributed by atoms with Gasteiger partial charge in [0.25, 0.3) is 0 Å². The Morgan fingerprint density at radius 1 is 1.47 bits per heavy atom. The van der Waals surface area contributed by atoms with Gasteiger partial charge in [-0.1, -0.05) is 29.8 Å². The highest BCUT2D eigenvalue weighted by Gasteiger charge is 2.25. The van der Waals surface area contributed by atoms with Crippen LogP contribution in [-0.2, 0) is 0 Å². The van der Waals surface area contributed by atoms with Crippen molar-refractivity contribution in [3.8, 4) is 6.07 Å². The third kappa shape index (κ3) is 2.19. The van der Waals surface area contributed by atoms with Crippen LogP contribution in [0, 0.1) is 24.2 Å². The van der Waals surface area contributed by atoms with E-state index in [4.69, 9.17) is 5.26 Å². The Morgan fingerprint density at radius 2 is 2.33 bits per heavy atom. The lowest BCUT2D eigenvalue weighted by Crippen LogP contribution is -2.34. The van der Waals surface area contributed by atoms with E-state index in [-0.39, 0.29) is 5.92 Å². The van der Waals surface area contributed by atoms with Gasteiger partial charge in [-0.2, -0.15) is 5.26 Å². The molecule has 1 aliphatic rings. The van der Waals surface area contributed by atoms with Crippen molar-refractivity contribution >= 4 is 0 Å². The van der Waals surface area contributed by atoms with E-state index in [9.17, 15) is 0 Å². The Balaban J connectivity index is 2.25. The van der Waals surface area contributed by atoms with Crippen molar-refractivity contribution in [3.05, 3.63) is 35.4 Å². The Labute approximate surface area is 90.9 Å². The molecule has 2 rings (SSSR count). The molecule has 1 heterocycles. The summed E-state index contributed by atoms with van der Waals surface area (Å²) < 4.78 is 0. The van der Waals surface area contributed by atoms with Crippen LogP contribution in [0.15, 0.2) is 24.3 Å². The molecule has 2 nitrogen and oxygen atoms in total. The van der Waals surface area contributed by atoms with Gasteiger partial charge in [-0.3, -0.25) is 0 Å². The summed E-state index contributed by atoms with van der Waals surface area (Å²) in [5.41, 5.74) is 2.57. The molecule has 0 aliphatic carbocycles. The number of hydrogen-bond donors (Lipinski definition) is 1. The van der Waals surface area contributed by atoms with Crippen LogP contribution in [0.4, 0.5) is 0 Å². The van der Waals surface area contributed by atoms with Gasteiger partial charge >= 0.3 is 0 Å². The van der Waals surface area contributed by atoms with E-state index < -0.39 is 0 Å². The first-order valence-electron chi connectivity index (χ1n) is 5.48. The maximum atomic E-state index is 9.11. The molecule has 0 aromatic heterocycles. The van der Waals surface area contributed by atoms with Gasteiger partial charge in [-0.05, 0) is 25.5 Å². The van der Waals surface area contributed by atoms with E-state index in [0.717, 1.165) is 19.5 Å². The highest BCUT2D eigenvalue weighted by Crippen LogP contribution is 2.29. The first-order chi connectivity index (χ1) is 7.31. The third-order valence-corrected chi connectivity index (χ3v) is 3.12. The Morgan fingerprint density at radius 3 is 3.07 bits per heavy atom. The first kappa shape index (κ1) is 10.2. The molecule has 1 aromatic carbocycles. The number of aryl methyl sites for hydroxylation is 1. The van der Waals surface area contributed by atoms with Crippen molar-refractivity contribution in [3.63, 3.8) is 0 Å². The van der Waals surface area contributed by atoms with E-state index in [1.54, 1.807) is 0 Å². The summed E-state index contributed by atoms with van der Waals surface area (Å²) in [5.74, 6) is 0.539.